The molecule has 0 spiro atoms. The van der Waals surface area contributed by atoms with Gasteiger partial charge in [-0.3, -0.25) is 9.52 Å². The van der Waals surface area contributed by atoms with Crippen LogP contribution in [0.1, 0.15) is 0 Å². The zero-order chi connectivity index (χ0) is 16.6. The lowest BCUT2D eigenvalue weighted by Crippen LogP contribution is -2.20. The lowest BCUT2D eigenvalue weighted by atomic mass is 10.00. The normalized spacial score (nSPS) is 11.6. The second-order valence-corrected chi connectivity index (χ2v) is 7.32. The third-order valence-electron chi connectivity index (χ3n) is 3.33. The molecular weight excluding hydrogens is 336 g/mol. The SMILES string of the molecule is CS(=O)(=O)Nc1c(-c2ccccc2)c2cc(Cl)ccc2[nH]c1=O. The highest BCUT2D eigenvalue weighted by molar-refractivity contribution is 7.92. The van der Waals surface area contributed by atoms with E-state index in [1.165, 1.54) is 0 Å². The largest absolute Gasteiger partial charge is 0.320 e. The van der Waals surface area contributed by atoms with E-state index in [9.17, 15) is 13.2 Å². The first-order valence-electron chi connectivity index (χ1n) is 6.74. The maximum absolute atomic E-state index is 12.4. The van der Waals surface area contributed by atoms with Crippen molar-refractivity contribution in [1.29, 1.82) is 0 Å². The van der Waals surface area contributed by atoms with E-state index < -0.39 is 15.6 Å². The highest BCUT2D eigenvalue weighted by Gasteiger charge is 2.17. The van der Waals surface area contributed by atoms with Crippen molar-refractivity contribution in [3.8, 4) is 11.1 Å². The minimum atomic E-state index is -3.61. The summed E-state index contributed by atoms with van der Waals surface area (Å²) in [6, 6.07) is 14.1. The summed E-state index contributed by atoms with van der Waals surface area (Å²) in [5.74, 6) is 0. The molecule has 3 rings (SSSR count). The summed E-state index contributed by atoms with van der Waals surface area (Å²) in [7, 11) is -3.61. The van der Waals surface area contributed by atoms with Crippen molar-refractivity contribution in [3.05, 3.63) is 63.9 Å². The number of anilines is 1. The van der Waals surface area contributed by atoms with E-state index in [-0.39, 0.29) is 5.69 Å². The molecule has 5 nitrogen and oxygen atoms in total. The molecule has 0 amide bonds. The van der Waals surface area contributed by atoms with Crippen LogP contribution in [0.3, 0.4) is 0 Å². The number of hydrogen-bond donors (Lipinski definition) is 2. The standard InChI is InChI=1S/C16H13ClN2O3S/c1-23(21,22)19-15-14(10-5-3-2-4-6-10)12-9-11(17)7-8-13(12)18-16(15)20/h2-9,19H,1H3,(H,18,20). The number of pyridine rings is 1. The lowest BCUT2D eigenvalue weighted by Gasteiger charge is -2.13. The smallest absolute Gasteiger partial charge is 0.273 e. The number of halogens is 1. The first kappa shape index (κ1) is 15.6. The van der Waals surface area contributed by atoms with Gasteiger partial charge in [0.25, 0.3) is 5.56 Å². The topological polar surface area (TPSA) is 79.0 Å². The molecule has 2 aromatic carbocycles. The Hall–Kier alpha value is -2.31. The Bertz CT molecular complexity index is 1040. The Balaban J connectivity index is 2.46. The van der Waals surface area contributed by atoms with Gasteiger partial charge in [0, 0.05) is 21.5 Å². The molecule has 118 valence electrons. The molecule has 0 aliphatic carbocycles. The van der Waals surface area contributed by atoms with Gasteiger partial charge in [0.15, 0.2) is 0 Å². The molecule has 3 aromatic rings. The monoisotopic (exact) mass is 348 g/mol. The summed E-state index contributed by atoms with van der Waals surface area (Å²) in [5.41, 5.74) is 1.27. The van der Waals surface area contributed by atoms with Gasteiger partial charge in [-0.25, -0.2) is 8.42 Å². The van der Waals surface area contributed by atoms with Crippen LogP contribution < -0.4 is 10.3 Å². The Morgan fingerprint density at radius 1 is 1.09 bits per heavy atom. The number of fused-ring (bicyclic) bond motifs is 1. The van der Waals surface area contributed by atoms with E-state index in [0.717, 1.165) is 11.8 Å². The molecule has 1 aromatic heterocycles. The minimum absolute atomic E-state index is 0.0199. The minimum Gasteiger partial charge on any atom is -0.320 e. The summed E-state index contributed by atoms with van der Waals surface area (Å²) < 4.78 is 25.6. The van der Waals surface area contributed by atoms with E-state index in [1.807, 2.05) is 30.3 Å². The van der Waals surface area contributed by atoms with Gasteiger partial charge < -0.3 is 4.98 Å². The second kappa shape index (κ2) is 5.72. The van der Waals surface area contributed by atoms with Crippen LogP contribution in [-0.4, -0.2) is 19.7 Å². The van der Waals surface area contributed by atoms with Gasteiger partial charge in [-0.1, -0.05) is 41.9 Å². The van der Waals surface area contributed by atoms with Crippen molar-refractivity contribution in [2.24, 2.45) is 0 Å². The number of sulfonamides is 1. The molecule has 2 N–H and O–H groups in total. The van der Waals surface area contributed by atoms with E-state index >= 15 is 0 Å². The summed E-state index contributed by atoms with van der Waals surface area (Å²) in [6.07, 6.45) is 1.00. The molecule has 1 heterocycles. The Kier molecular flexibility index (Phi) is 3.87. The Morgan fingerprint density at radius 2 is 1.78 bits per heavy atom. The predicted molar refractivity (Wildman–Crippen MR) is 93.5 cm³/mol. The summed E-state index contributed by atoms with van der Waals surface area (Å²) in [5, 5.41) is 1.15. The maximum Gasteiger partial charge on any atom is 0.273 e. The molecule has 0 bridgehead atoms. The van der Waals surface area contributed by atoms with Crippen molar-refractivity contribution < 1.29 is 8.42 Å². The molecule has 0 fully saturated rings. The molecule has 0 aliphatic heterocycles. The number of rotatable bonds is 3. The number of hydrogen-bond acceptors (Lipinski definition) is 3. The quantitative estimate of drug-likeness (QED) is 0.762. The number of benzene rings is 2. The van der Waals surface area contributed by atoms with Crippen molar-refractivity contribution >= 4 is 38.2 Å². The van der Waals surface area contributed by atoms with Crippen LogP contribution in [0.4, 0.5) is 5.69 Å². The van der Waals surface area contributed by atoms with Crippen molar-refractivity contribution in [3.63, 3.8) is 0 Å². The number of H-pyrrole nitrogens is 1. The zero-order valence-electron chi connectivity index (χ0n) is 12.1. The van der Waals surface area contributed by atoms with Crippen LogP contribution >= 0.6 is 11.6 Å². The Labute approximate surface area is 138 Å². The molecule has 0 radical (unpaired) electrons. The van der Waals surface area contributed by atoms with Crippen LogP contribution in [0.15, 0.2) is 53.3 Å². The van der Waals surface area contributed by atoms with Gasteiger partial charge in [-0.15, -0.1) is 0 Å². The predicted octanol–water partition coefficient (Wildman–Crippen LogP) is 3.22. The van der Waals surface area contributed by atoms with E-state index in [4.69, 9.17) is 11.6 Å². The average Bonchev–Trinajstić information content (AvgIpc) is 2.48. The van der Waals surface area contributed by atoms with Crippen LogP contribution in [0.5, 0.6) is 0 Å². The molecule has 0 unspecified atom stereocenters. The highest BCUT2D eigenvalue weighted by Crippen LogP contribution is 2.33. The third-order valence-corrected chi connectivity index (χ3v) is 4.14. The van der Waals surface area contributed by atoms with E-state index in [1.54, 1.807) is 18.2 Å². The summed E-state index contributed by atoms with van der Waals surface area (Å²) in [4.78, 5) is 15.1. The molecule has 7 heteroatoms. The van der Waals surface area contributed by atoms with Crippen molar-refractivity contribution in [1.82, 2.24) is 4.98 Å². The van der Waals surface area contributed by atoms with Gasteiger partial charge in [-0.05, 0) is 23.8 Å². The number of aromatic amines is 1. The first-order valence-corrected chi connectivity index (χ1v) is 9.01. The van der Waals surface area contributed by atoms with Crippen LogP contribution in [0.25, 0.3) is 22.0 Å². The van der Waals surface area contributed by atoms with Gasteiger partial charge in [0.2, 0.25) is 10.0 Å². The van der Waals surface area contributed by atoms with Crippen LogP contribution in [0.2, 0.25) is 5.02 Å². The summed E-state index contributed by atoms with van der Waals surface area (Å²) >= 11 is 6.07. The third kappa shape index (κ3) is 3.23. The number of aromatic nitrogens is 1. The Morgan fingerprint density at radius 3 is 2.43 bits per heavy atom. The molecular formula is C16H13ClN2O3S. The molecule has 0 aliphatic rings. The second-order valence-electron chi connectivity index (χ2n) is 5.13. The molecule has 23 heavy (non-hydrogen) atoms. The maximum atomic E-state index is 12.4. The van der Waals surface area contributed by atoms with E-state index in [0.29, 0.717) is 21.5 Å². The fourth-order valence-corrected chi connectivity index (χ4v) is 3.19. The van der Waals surface area contributed by atoms with Gasteiger partial charge in [0.05, 0.1) is 6.26 Å². The zero-order valence-corrected chi connectivity index (χ0v) is 13.7. The molecule has 0 saturated carbocycles. The van der Waals surface area contributed by atoms with E-state index in [2.05, 4.69) is 9.71 Å². The highest BCUT2D eigenvalue weighted by atomic mass is 35.5. The molecule has 0 atom stereocenters. The average molecular weight is 349 g/mol. The van der Waals surface area contributed by atoms with Gasteiger partial charge in [0.1, 0.15) is 5.69 Å². The van der Waals surface area contributed by atoms with Crippen LogP contribution in [0, 0.1) is 0 Å². The van der Waals surface area contributed by atoms with Gasteiger partial charge >= 0.3 is 0 Å². The fourth-order valence-electron chi connectivity index (χ4n) is 2.45. The summed E-state index contributed by atoms with van der Waals surface area (Å²) in [6.45, 7) is 0. The lowest BCUT2D eigenvalue weighted by molar-refractivity contribution is 0.606. The first-order chi connectivity index (χ1) is 10.8. The van der Waals surface area contributed by atoms with Crippen molar-refractivity contribution in [2.45, 2.75) is 0 Å². The fraction of sp³-hybridized carbons (Fsp3) is 0.0625. The van der Waals surface area contributed by atoms with Gasteiger partial charge in [-0.2, -0.15) is 0 Å². The van der Waals surface area contributed by atoms with Crippen LogP contribution in [-0.2, 0) is 10.0 Å². The van der Waals surface area contributed by atoms with Crippen molar-refractivity contribution in [2.75, 3.05) is 11.0 Å². The molecule has 0 saturated heterocycles. The number of nitrogens with one attached hydrogen (secondary N) is 2.